The first kappa shape index (κ1) is 16.2. The average Bonchev–Trinajstić information content (AvgIpc) is 2.83. The van der Waals surface area contributed by atoms with Crippen LogP contribution in [0.3, 0.4) is 0 Å². The number of rotatable bonds is 6. The molecule has 20 heavy (non-hydrogen) atoms. The van der Waals surface area contributed by atoms with Gasteiger partial charge < -0.3 is 25.8 Å². The maximum atomic E-state index is 12.3. The molecular formula is C12H21N3O5. The molecule has 3 atom stereocenters. The van der Waals surface area contributed by atoms with Crippen LogP contribution in [0.25, 0.3) is 0 Å². The van der Waals surface area contributed by atoms with Crippen molar-refractivity contribution in [3.63, 3.8) is 0 Å². The van der Waals surface area contributed by atoms with Gasteiger partial charge in [0, 0.05) is 6.54 Å². The lowest BCUT2D eigenvalue weighted by Gasteiger charge is -2.32. The highest BCUT2D eigenvalue weighted by molar-refractivity contribution is 5.87. The number of primary amides is 1. The normalized spacial score (nSPS) is 23.1. The second kappa shape index (κ2) is 7.09. The Labute approximate surface area is 117 Å². The van der Waals surface area contributed by atoms with E-state index >= 15 is 0 Å². The summed E-state index contributed by atoms with van der Waals surface area (Å²) in [4.78, 5) is 35.8. The fraction of sp³-hybridized carbons (Fsp3) is 0.750. The maximum absolute atomic E-state index is 12.3. The molecule has 3 amide bonds. The molecule has 0 radical (unpaired) electrons. The van der Waals surface area contributed by atoms with Crippen LogP contribution in [-0.2, 0) is 14.3 Å². The number of carboxylic acids is 1. The topological polar surface area (TPSA) is 122 Å². The summed E-state index contributed by atoms with van der Waals surface area (Å²) < 4.78 is 5.18. The number of aliphatic carboxylic acids is 1. The second-order valence-corrected chi connectivity index (χ2v) is 4.81. The van der Waals surface area contributed by atoms with E-state index in [0.717, 1.165) is 0 Å². The summed E-state index contributed by atoms with van der Waals surface area (Å²) in [7, 11) is 0. The van der Waals surface area contributed by atoms with Crippen LogP contribution in [0.5, 0.6) is 0 Å². The van der Waals surface area contributed by atoms with Crippen molar-refractivity contribution in [3.05, 3.63) is 0 Å². The molecule has 1 saturated heterocycles. The summed E-state index contributed by atoms with van der Waals surface area (Å²) in [5.74, 6) is -2.09. The number of amides is 3. The Balaban J connectivity index is 2.84. The van der Waals surface area contributed by atoms with Gasteiger partial charge in [0.25, 0.3) is 0 Å². The predicted octanol–water partition coefficient (Wildman–Crippen LogP) is -0.619. The quantitative estimate of drug-likeness (QED) is 0.601. The van der Waals surface area contributed by atoms with Gasteiger partial charge in [-0.15, -0.1) is 0 Å². The number of hydrogen-bond donors (Lipinski definition) is 3. The first-order valence-corrected chi connectivity index (χ1v) is 6.55. The van der Waals surface area contributed by atoms with Crippen molar-refractivity contribution >= 4 is 17.9 Å². The maximum Gasteiger partial charge on any atom is 0.312 e. The van der Waals surface area contributed by atoms with Crippen LogP contribution in [0, 0.1) is 5.92 Å². The van der Waals surface area contributed by atoms with Crippen LogP contribution in [0.4, 0.5) is 4.79 Å². The third kappa shape index (κ3) is 3.83. The van der Waals surface area contributed by atoms with E-state index in [2.05, 4.69) is 5.32 Å². The van der Waals surface area contributed by atoms with Crippen LogP contribution >= 0.6 is 0 Å². The van der Waals surface area contributed by atoms with Gasteiger partial charge in [-0.05, 0) is 13.3 Å². The summed E-state index contributed by atoms with van der Waals surface area (Å²) in [6.45, 7) is 4.08. The van der Waals surface area contributed by atoms with E-state index in [1.807, 2.05) is 6.92 Å². The number of urea groups is 1. The van der Waals surface area contributed by atoms with E-state index in [-0.39, 0.29) is 19.1 Å². The van der Waals surface area contributed by atoms with Crippen molar-refractivity contribution in [3.8, 4) is 0 Å². The Hall–Kier alpha value is -1.83. The molecular weight excluding hydrogens is 266 g/mol. The molecule has 3 unspecified atom stereocenters. The van der Waals surface area contributed by atoms with Gasteiger partial charge in [-0.25, -0.2) is 4.79 Å². The van der Waals surface area contributed by atoms with Gasteiger partial charge in [0.2, 0.25) is 5.91 Å². The number of nitrogens with two attached hydrogens (primary N) is 1. The summed E-state index contributed by atoms with van der Waals surface area (Å²) in [6.07, 6.45) is 0.678. The van der Waals surface area contributed by atoms with Crippen molar-refractivity contribution in [1.82, 2.24) is 10.2 Å². The van der Waals surface area contributed by atoms with Crippen LogP contribution in [0.2, 0.25) is 0 Å². The lowest BCUT2D eigenvalue weighted by Crippen LogP contribution is -2.54. The van der Waals surface area contributed by atoms with Gasteiger partial charge in [0.15, 0.2) is 0 Å². The number of hydrogen-bond acceptors (Lipinski definition) is 4. The minimum Gasteiger partial charge on any atom is -0.481 e. The van der Waals surface area contributed by atoms with Gasteiger partial charge in [-0.3, -0.25) is 9.59 Å². The molecule has 0 aromatic heterocycles. The van der Waals surface area contributed by atoms with Crippen molar-refractivity contribution in [1.29, 1.82) is 0 Å². The molecule has 0 aromatic carbocycles. The van der Waals surface area contributed by atoms with E-state index in [0.29, 0.717) is 13.0 Å². The van der Waals surface area contributed by atoms with Crippen LogP contribution < -0.4 is 11.1 Å². The van der Waals surface area contributed by atoms with Crippen molar-refractivity contribution in [2.75, 3.05) is 19.8 Å². The minimum atomic E-state index is -0.989. The summed E-state index contributed by atoms with van der Waals surface area (Å²) in [6, 6.07) is -2.11. The van der Waals surface area contributed by atoms with E-state index < -0.39 is 30.0 Å². The first-order valence-electron chi connectivity index (χ1n) is 6.55. The second-order valence-electron chi connectivity index (χ2n) is 4.81. The number of nitrogens with one attached hydrogen (secondary N) is 1. The molecule has 0 bridgehead atoms. The highest BCUT2D eigenvalue weighted by atomic mass is 16.5. The van der Waals surface area contributed by atoms with Gasteiger partial charge in [-0.2, -0.15) is 0 Å². The van der Waals surface area contributed by atoms with Gasteiger partial charge >= 0.3 is 12.0 Å². The fourth-order valence-corrected chi connectivity index (χ4v) is 2.29. The molecule has 114 valence electrons. The Kier molecular flexibility index (Phi) is 5.75. The largest absolute Gasteiger partial charge is 0.481 e. The predicted molar refractivity (Wildman–Crippen MR) is 69.9 cm³/mol. The molecule has 8 nitrogen and oxygen atoms in total. The third-order valence-electron chi connectivity index (χ3n) is 3.24. The number of carbonyl (C=O) groups excluding carboxylic acids is 2. The van der Waals surface area contributed by atoms with E-state index in [1.54, 1.807) is 0 Å². The smallest absolute Gasteiger partial charge is 0.312 e. The van der Waals surface area contributed by atoms with Crippen LogP contribution in [-0.4, -0.2) is 59.8 Å². The Morgan fingerprint density at radius 2 is 2.10 bits per heavy atom. The van der Waals surface area contributed by atoms with Crippen LogP contribution in [0.15, 0.2) is 0 Å². The zero-order valence-electron chi connectivity index (χ0n) is 11.7. The Bertz CT molecular complexity index is 387. The molecule has 4 N–H and O–H groups in total. The van der Waals surface area contributed by atoms with Gasteiger partial charge in [-0.1, -0.05) is 6.92 Å². The zero-order chi connectivity index (χ0) is 15.3. The summed E-state index contributed by atoms with van der Waals surface area (Å²) in [5.41, 5.74) is 4.99. The lowest BCUT2D eigenvalue weighted by molar-refractivity contribution is -0.145. The first-order chi connectivity index (χ1) is 9.38. The van der Waals surface area contributed by atoms with E-state index in [4.69, 9.17) is 15.6 Å². The average molecular weight is 287 g/mol. The van der Waals surface area contributed by atoms with Crippen molar-refractivity contribution in [2.24, 2.45) is 11.7 Å². The molecule has 1 aliphatic rings. The zero-order valence-corrected chi connectivity index (χ0v) is 11.7. The third-order valence-corrected chi connectivity index (χ3v) is 3.24. The number of carboxylic acid groups (broad SMARTS) is 1. The molecule has 0 aromatic rings. The molecule has 0 saturated carbocycles. The van der Waals surface area contributed by atoms with Crippen LogP contribution in [0.1, 0.15) is 20.3 Å². The van der Waals surface area contributed by atoms with E-state index in [9.17, 15) is 14.4 Å². The molecule has 8 heteroatoms. The highest BCUT2D eigenvalue weighted by Gasteiger charge is 2.40. The van der Waals surface area contributed by atoms with Crippen molar-refractivity contribution in [2.45, 2.75) is 32.4 Å². The molecule has 1 fully saturated rings. The Morgan fingerprint density at radius 3 is 2.60 bits per heavy atom. The number of ether oxygens (including phenoxy) is 1. The fourth-order valence-electron chi connectivity index (χ4n) is 2.29. The molecule has 0 aliphatic carbocycles. The molecule has 0 spiro atoms. The molecule has 1 aliphatic heterocycles. The standard InChI is InChI=1S/C12H21N3O5/c1-3-4-15(10(16)7(2)14-12(13)19)9-6-20-5-8(9)11(17)18/h7-9H,3-6H2,1-2H3,(H,17,18)(H3,13,14,19). The summed E-state index contributed by atoms with van der Waals surface area (Å²) >= 11 is 0. The minimum absolute atomic E-state index is 0.0884. The summed E-state index contributed by atoms with van der Waals surface area (Å²) in [5, 5.41) is 11.5. The number of nitrogens with zero attached hydrogens (tertiary/aromatic N) is 1. The lowest BCUT2D eigenvalue weighted by atomic mass is 10.0. The van der Waals surface area contributed by atoms with Gasteiger partial charge in [0.1, 0.15) is 12.0 Å². The monoisotopic (exact) mass is 287 g/mol. The van der Waals surface area contributed by atoms with Gasteiger partial charge in [0.05, 0.1) is 19.3 Å². The molecule has 1 heterocycles. The number of carbonyl (C=O) groups is 3. The highest BCUT2D eigenvalue weighted by Crippen LogP contribution is 2.21. The SMILES string of the molecule is CCCN(C(=O)C(C)NC(N)=O)C1COCC1C(=O)O. The Morgan fingerprint density at radius 1 is 1.45 bits per heavy atom. The van der Waals surface area contributed by atoms with E-state index in [1.165, 1.54) is 11.8 Å². The molecule has 1 rings (SSSR count). The van der Waals surface area contributed by atoms with Crippen molar-refractivity contribution < 1.29 is 24.2 Å².